The molecule has 1 amide bonds. The molecule has 2 fully saturated rings. The molecular weight excluding hydrogens is 144 g/mol. The highest BCUT2D eigenvalue weighted by molar-refractivity contribution is 6.02. The normalized spacial score (nSPS) is 41.5. The molecule has 0 aromatic carbocycles. The van der Waals surface area contributed by atoms with Gasteiger partial charge in [0.05, 0.1) is 11.5 Å². The lowest BCUT2D eigenvalue weighted by Gasteiger charge is -2.02. The Morgan fingerprint density at radius 2 is 2.36 bits per heavy atom. The molecule has 2 unspecified atom stereocenters. The predicted octanol–water partition coefficient (Wildman–Crippen LogP) is -1.21. The highest BCUT2D eigenvalue weighted by Gasteiger charge is 2.58. The van der Waals surface area contributed by atoms with Gasteiger partial charge in [0, 0.05) is 13.0 Å². The highest BCUT2D eigenvalue weighted by atomic mass is 16.2. The molecule has 1 aliphatic heterocycles. The monoisotopic (exact) mass is 154 g/mol. The van der Waals surface area contributed by atoms with Crippen LogP contribution in [-0.2, 0) is 9.59 Å². The van der Waals surface area contributed by atoms with Crippen LogP contribution < -0.4 is 11.1 Å². The largest absolute Gasteiger partial charge is 0.368 e. The lowest BCUT2D eigenvalue weighted by Crippen LogP contribution is -2.36. The summed E-state index contributed by atoms with van der Waals surface area (Å²) in [6.07, 6.45) is 1.24. The number of carbonyl (C=O) groups is 2. The average Bonchev–Trinajstić information content (AvgIpc) is 2.44. The lowest BCUT2D eigenvalue weighted by atomic mass is 10.0. The van der Waals surface area contributed by atoms with Crippen molar-refractivity contribution in [2.75, 3.05) is 6.54 Å². The summed E-state index contributed by atoms with van der Waals surface area (Å²) in [7, 11) is 0. The van der Waals surface area contributed by atoms with E-state index in [0.717, 1.165) is 0 Å². The molecule has 0 bridgehead atoms. The maximum Gasteiger partial charge on any atom is 0.234 e. The van der Waals surface area contributed by atoms with Gasteiger partial charge in [-0.3, -0.25) is 9.59 Å². The van der Waals surface area contributed by atoms with Crippen LogP contribution in [0.15, 0.2) is 0 Å². The zero-order valence-electron chi connectivity index (χ0n) is 6.09. The van der Waals surface area contributed by atoms with Crippen molar-refractivity contribution in [1.82, 2.24) is 5.32 Å². The molecule has 0 aromatic heterocycles. The van der Waals surface area contributed by atoms with Gasteiger partial charge in [-0.25, -0.2) is 0 Å². The molecule has 60 valence electrons. The summed E-state index contributed by atoms with van der Waals surface area (Å²) in [6, 6.07) is -0.276. The molecule has 2 atom stereocenters. The van der Waals surface area contributed by atoms with Crippen LogP contribution in [0.2, 0.25) is 0 Å². The Balaban J connectivity index is 2.05. The third-order valence-corrected chi connectivity index (χ3v) is 2.59. The summed E-state index contributed by atoms with van der Waals surface area (Å²) in [5.41, 5.74) is 4.88. The van der Waals surface area contributed by atoms with E-state index in [4.69, 9.17) is 5.73 Å². The zero-order valence-corrected chi connectivity index (χ0v) is 6.09. The first-order valence-corrected chi connectivity index (χ1v) is 3.70. The SMILES string of the molecule is NC(=O)C1CC2(CN1)CC2=O. The molecule has 2 aliphatic rings. The summed E-state index contributed by atoms with van der Waals surface area (Å²) in [4.78, 5) is 21.6. The molecule has 1 heterocycles. The van der Waals surface area contributed by atoms with Gasteiger partial charge in [-0.05, 0) is 6.42 Å². The van der Waals surface area contributed by atoms with Crippen LogP contribution in [0.4, 0.5) is 0 Å². The topological polar surface area (TPSA) is 72.2 Å². The maximum absolute atomic E-state index is 10.9. The molecule has 0 aromatic rings. The van der Waals surface area contributed by atoms with E-state index in [1.54, 1.807) is 0 Å². The van der Waals surface area contributed by atoms with E-state index < -0.39 is 0 Å². The molecular formula is C7H10N2O2. The number of Topliss-reactive ketones (excluding diaryl/α,β-unsaturated/α-hetero) is 1. The second kappa shape index (κ2) is 1.82. The fourth-order valence-corrected chi connectivity index (χ4v) is 1.67. The smallest absolute Gasteiger partial charge is 0.234 e. The first-order chi connectivity index (χ1) is 5.14. The van der Waals surface area contributed by atoms with E-state index in [0.29, 0.717) is 19.4 Å². The Morgan fingerprint density at radius 3 is 2.64 bits per heavy atom. The van der Waals surface area contributed by atoms with E-state index in [9.17, 15) is 9.59 Å². The minimum absolute atomic E-state index is 0.195. The average molecular weight is 154 g/mol. The van der Waals surface area contributed by atoms with Crippen LogP contribution >= 0.6 is 0 Å². The van der Waals surface area contributed by atoms with Gasteiger partial charge >= 0.3 is 0 Å². The van der Waals surface area contributed by atoms with Crippen molar-refractivity contribution in [1.29, 1.82) is 0 Å². The van der Waals surface area contributed by atoms with Crippen LogP contribution in [0.1, 0.15) is 12.8 Å². The van der Waals surface area contributed by atoms with Gasteiger partial charge < -0.3 is 11.1 Å². The number of carbonyl (C=O) groups excluding carboxylic acids is 2. The van der Waals surface area contributed by atoms with E-state index in [-0.39, 0.29) is 23.1 Å². The molecule has 2 rings (SSSR count). The minimum Gasteiger partial charge on any atom is -0.368 e. The quantitative estimate of drug-likeness (QED) is 0.498. The molecule has 1 aliphatic carbocycles. The van der Waals surface area contributed by atoms with E-state index in [2.05, 4.69) is 5.32 Å². The molecule has 1 spiro atoms. The predicted molar refractivity (Wildman–Crippen MR) is 37.7 cm³/mol. The maximum atomic E-state index is 10.9. The number of hydrogen-bond acceptors (Lipinski definition) is 3. The van der Waals surface area contributed by atoms with Gasteiger partial charge in [-0.1, -0.05) is 0 Å². The van der Waals surface area contributed by atoms with Gasteiger partial charge in [0.15, 0.2) is 0 Å². The Hall–Kier alpha value is -0.900. The van der Waals surface area contributed by atoms with E-state index in [1.165, 1.54) is 0 Å². The van der Waals surface area contributed by atoms with Crippen LogP contribution in [0.5, 0.6) is 0 Å². The molecule has 0 radical (unpaired) electrons. The van der Waals surface area contributed by atoms with Crippen molar-refractivity contribution in [3.05, 3.63) is 0 Å². The third kappa shape index (κ3) is 0.860. The summed E-state index contributed by atoms with van der Waals surface area (Å²) >= 11 is 0. The number of nitrogens with one attached hydrogen (secondary N) is 1. The number of hydrogen-bond donors (Lipinski definition) is 2. The highest BCUT2D eigenvalue weighted by Crippen LogP contribution is 2.47. The van der Waals surface area contributed by atoms with Crippen LogP contribution in [0.25, 0.3) is 0 Å². The summed E-state index contributed by atoms with van der Waals surface area (Å²) in [5.74, 6) is -0.0738. The molecule has 4 heteroatoms. The van der Waals surface area contributed by atoms with Gasteiger partial charge in [0.2, 0.25) is 5.91 Å². The minimum atomic E-state index is -0.346. The zero-order chi connectivity index (χ0) is 8.06. The van der Waals surface area contributed by atoms with Gasteiger partial charge in [-0.2, -0.15) is 0 Å². The Kier molecular flexibility index (Phi) is 1.12. The summed E-state index contributed by atoms with van der Waals surface area (Å²) in [5, 5.41) is 2.94. The van der Waals surface area contributed by atoms with Crippen molar-refractivity contribution in [2.45, 2.75) is 18.9 Å². The Morgan fingerprint density at radius 1 is 1.73 bits per heavy atom. The fourth-order valence-electron chi connectivity index (χ4n) is 1.67. The summed E-state index contributed by atoms with van der Waals surface area (Å²) in [6.45, 7) is 0.638. The standard InChI is InChI=1S/C7H10N2O2/c8-6(11)4-1-7(3-9-4)2-5(7)10/h4,9H,1-3H2,(H2,8,11). The van der Waals surface area contributed by atoms with Crippen molar-refractivity contribution in [3.63, 3.8) is 0 Å². The molecule has 3 N–H and O–H groups in total. The van der Waals surface area contributed by atoms with E-state index >= 15 is 0 Å². The first kappa shape index (κ1) is 6.79. The van der Waals surface area contributed by atoms with Crippen LogP contribution in [0, 0.1) is 5.41 Å². The number of primary amides is 1. The second-order valence-corrected chi connectivity index (χ2v) is 3.42. The Bertz CT molecular complexity index is 239. The molecule has 11 heavy (non-hydrogen) atoms. The van der Waals surface area contributed by atoms with Gasteiger partial charge in [0.1, 0.15) is 5.78 Å². The van der Waals surface area contributed by atoms with Crippen molar-refractivity contribution >= 4 is 11.7 Å². The number of rotatable bonds is 1. The van der Waals surface area contributed by atoms with Crippen LogP contribution in [-0.4, -0.2) is 24.3 Å². The van der Waals surface area contributed by atoms with Crippen molar-refractivity contribution < 1.29 is 9.59 Å². The second-order valence-electron chi connectivity index (χ2n) is 3.42. The molecule has 1 saturated carbocycles. The van der Waals surface area contributed by atoms with E-state index in [1.807, 2.05) is 0 Å². The van der Waals surface area contributed by atoms with Crippen molar-refractivity contribution in [2.24, 2.45) is 11.1 Å². The summed E-state index contributed by atoms with van der Waals surface area (Å²) < 4.78 is 0. The van der Waals surface area contributed by atoms with Gasteiger partial charge in [-0.15, -0.1) is 0 Å². The third-order valence-electron chi connectivity index (χ3n) is 2.59. The van der Waals surface area contributed by atoms with Crippen molar-refractivity contribution in [3.8, 4) is 0 Å². The number of nitrogens with two attached hydrogens (primary N) is 1. The van der Waals surface area contributed by atoms with Crippen LogP contribution in [0.3, 0.4) is 0 Å². The lowest BCUT2D eigenvalue weighted by molar-refractivity contribution is -0.119. The number of ketones is 1. The number of amides is 1. The fraction of sp³-hybridized carbons (Fsp3) is 0.714. The van der Waals surface area contributed by atoms with Gasteiger partial charge in [0.25, 0.3) is 0 Å². The first-order valence-electron chi connectivity index (χ1n) is 3.70. The molecule has 1 saturated heterocycles. The Labute approximate surface area is 64.1 Å². The molecule has 4 nitrogen and oxygen atoms in total.